The Labute approximate surface area is 166 Å². The van der Waals surface area contributed by atoms with Gasteiger partial charge in [0.25, 0.3) is 5.56 Å². The zero-order valence-electron chi connectivity index (χ0n) is 16.8. The van der Waals surface area contributed by atoms with E-state index in [0.717, 1.165) is 69.0 Å². The fourth-order valence-electron chi connectivity index (χ4n) is 3.99. The van der Waals surface area contributed by atoms with Crippen molar-refractivity contribution in [1.29, 1.82) is 0 Å². The summed E-state index contributed by atoms with van der Waals surface area (Å²) in [7, 11) is 0. The minimum absolute atomic E-state index is 0.0852. The van der Waals surface area contributed by atoms with E-state index in [1.807, 2.05) is 36.6 Å². The Balaban J connectivity index is 1.64. The molecule has 0 spiro atoms. The number of hydrogen-bond acceptors (Lipinski definition) is 6. The molecule has 1 fully saturated rings. The SMILES string of the molecule is CCc1c(C)nc2n(c1=O)CN(CCN1CCOCC1)CN2c1ccccc1. The maximum absolute atomic E-state index is 13.1. The lowest BCUT2D eigenvalue weighted by atomic mass is 10.2. The van der Waals surface area contributed by atoms with Crippen LogP contribution in [0.15, 0.2) is 35.1 Å². The summed E-state index contributed by atoms with van der Waals surface area (Å²) in [4.78, 5) is 24.9. The summed E-state index contributed by atoms with van der Waals surface area (Å²) < 4.78 is 7.28. The quantitative estimate of drug-likeness (QED) is 0.785. The number of nitrogens with zero attached hydrogens (tertiary/aromatic N) is 5. The van der Waals surface area contributed by atoms with Gasteiger partial charge in [0.2, 0.25) is 5.95 Å². The molecule has 0 unspecified atom stereocenters. The molecule has 0 aliphatic carbocycles. The molecule has 0 radical (unpaired) electrons. The van der Waals surface area contributed by atoms with E-state index in [4.69, 9.17) is 9.72 Å². The summed E-state index contributed by atoms with van der Waals surface area (Å²) in [6.45, 7) is 10.7. The Kier molecular flexibility index (Phi) is 5.75. The number of benzene rings is 1. The van der Waals surface area contributed by atoms with Crippen LogP contribution in [0.5, 0.6) is 0 Å². The highest BCUT2D eigenvalue weighted by atomic mass is 16.5. The second-order valence-corrected chi connectivity index (χ2v) is 7.46. The van der Waals surface area contributed by atoms with Crippen LogP contribution in [0.1, 0.15) is 18.2 Å². The molecule has 2 aliphatic rings. The van der Waals surface area contributed by atoms with Crippen LogP contribution in [0.3, 0.4) is 0 Å². The van der Waals surface area contributed by atoms with E-state index in [9.17, 15) is 4.79 Å². The first kappa shape index (κ1) is 19.1. The van der Waals surface area contributed by atoms with Gasteiger partial charge < -0.3 is 4.74 Å². The normalized spacial score (nSPS) is 18.3. The van der Waals surface area contributed by atoms with Crippen molar-refractivity contribution in [2.75, 3.05) is 51.0 Å². The van der Waals surface area contributed by atoms with E-state index in [1.165, 1.54) is 0 Å². The minimum atomic E-state index is 0.0852. The highest BCUT2D eigenvalue weighted by Gasteiger charge is 2.27. The topological polar surface area (TPSA) is 53.8 Å². The first-order valence-electron chi connectivity index (χ1n) is 10.1. The largest absolute Gasteiger partial charge is 0.379 e. The predicted octanol–water partition coefficient (Wildman–Crippen LogP) is 1.82. The lowest BCUT2D eigenvalue weighted by Crippen LogP contribution is -2.50. The molecule has 1 aromatic carbocycles. The molecule has 0 N–H and O–H groups in total. The Bertz CT molecular complexity index is 861. The van der Waals surface area contributed by atoms with Gasteiger partial charge in [-0.1, -0.05) is 25.1 Å². The molecule has 1 saturated heterocycles. The van der Waals surface area contributed by atoms with Crippen molar-refractivity contribution in [3.63, 3.8) is 0 Å². The third-order valence-corrected chi connectivity index (χ3v) is 5.63. The van der Waals surface area contributed by atoms with Crippen molar-refractivity contribution in [2.45, 2.75) is 26.9 Å². The summed E-state index contributed by atoms with van der Waals surface area (Å²) in [6, 6.07) is 10.2. The van der Waals surface area contributed by atoms with Crippen LogP contribution in [0.4, 0.5) is 11.6 Å². The van der Waals surface area contributed by atoms with E-state index in [2.05, 4.69) is 26.8 Å². The molecule has 1 aromatic heterocycles. The minimum Gasteiger partial charge on any atom is -0.379 e. The molecule has 7 nitrogen and oxygen atoms in total. The lowest BCUT2D eigenvalue weighted by molar-refractivity contribution is 0.0310. The van der Waals surface area contributed by atoms with E-state index in [1.54, 1.807) is 0 Å². The molecule has 28 heavy (non-hydrogen) atoms. The third kappa shape index (κ3) is 3.83. The van der Waals surface area contributed by atoms with Crippen molar-refractivity contribution < 1.29 is 4.74 Å². The monoisotopic (exact) mass is 383 g/mol. The van der Waals surface area contributed by atoms with Gasteiger partial charge in [-0.05, 0) is 25.5 Å². The van der Waals surface area contributed by atoms with Crippen LogP contribution < -0.4 is 10.5 Å². The third-order valence-electron chi connectivity index (χ3n) is 5.63. The van der Waals surface area contributed by atoms with Crippen LogP contribution in [0.2, 0.25) is 0 Å². The van der Waals surface area contributed by atoms with Gasteiger partial charge in [-0.25, -0.2) is 4.98 Å². The van der Waals surface area contributed by atoms with Crippen molar-refractivity contribution in [1.82, 2.24) is 19.4 Å². The summed E-state index contributed by atoms with van der Waals surface area (Å²) >= 11 is 0. The second-order valence-electron chi connectivity index (χ2n) is 7.46. The highest BCUT2D eigenvalue weighted by Crippen LogP contribution is 2.27. The molecule has 150 valence electrons. The molecule has 0 amide bonds. The molecule has 4 rings (SSSR count). The fourth-order valence-corrected chi connectivity index (χ4v) is 3.99. The average Bonchev–Trinajstić information content (AvgIpc) is 2.74. The summed E-state index contributed by atoms with van der Waals surface area (Å²) in [5.41, 5.74) is 2.79. The highest BCUT2D eigenvalue weighted by molar-refractivity contribution is 5.58. The molecule has 2 aromatic rings. The Morgan fingerprint density at radius 2 is 1.75 bits per heavy atom. The molecular weight excluding hydrogens is 354 g/mol. The molecular formula is C21H29N5O2. The molecule has 0 bridgehead atoms. The van der Waals surface area contributed by atoms with E-state index >= 15 is 0 Å². The summed E-state index contributed by atoms with van der Waals surface area (Å²) in [6.07, 6.45) is 0.705. The molecule has 3 heterocycles. The van der Waals surface area contributed by atoms with Crippen LogP contribution in [0, 0.1) is 6.92 Å². The van der Waals surface area contributed by atoms with Gasteiger partial charge in [0.15, 0.2) is 0 Å². The van der Waals surface area contributed by atoms with Gasteiger partial charge in [-0.3, -0.25) is 24.1 Å². The number of anilines is 2. The Hall–Kier alpha value is -2.22. The van der Waals surface area contributed by atoms with E-state index < -0.39 is 0 Å². The molecule has 7 heteroatoms. The first-order valence-corrected chi connectivity index (χ1v) is 10.1. The maximum atomic E-state index is 13.1. The predicted molar refractivity (Wildman–Crippen MR) is 110 cm³/mol. The number of ether oxygens (including phenoxy) is 1. The zero-order valence-corrected chi connectivity index (χ0v) is 16.8. The fraction of sp³-hybridized carbons (Fsp3) is 0.524. The standard InChI is InChI=1S/C21H29N5O2/c1-3-19-17(2)22-21-25(18-7-5-4-6-8-18)15-24(16-26(21)20(19)27)10-9-23-11-13-28-14-12-23/h4-8H,3,9-16H2,1-2H3. The van der Waals surface area contributed by atoms with Crippen LogP contribution in [0.25, 0.3) is 0 Å². The zero-order chi connectivity index (χ0) is 19.5. The summed E-state index contributed by atoms with van der Waals surface area (Å²) in [5, 5.41) is 0. The number of aromatic nitrogens is 2. The number of aryl methyl sites for hydroxylation is 1. The Morgan fingerprint density at radius 3 is 2.46 bits per heavy atom. The number of rotatable bonds is 5. The van der Waals surface area contributed by atoms with Crippen LogP contribution in [-0.4, -0.2) is 65.4 Å². The van der Waals surface area contributed by atoms with Gasteiger partial charge in [-0.15, -0.1) is 0 Å². The number of para-hydroxylation sites is 1. The van der Waals surface area contributed by atoms with Crippen molar-refractivity contribution >= 4 is 11.6 Å². The summed E-state index contributed by atoms with van der Waals surface area (Å²) in [5.74, 6) is 0.744. The Morgan fingerprint density at radius 1 is 1.04 bits per heavy atom. The number of fused-ring (bicyclic) bond motifs is 1. The van der Waals surface area contributed by atoms with E-state index in [0.29, 0.717) is 13.1 Å². The molecule has 2 aliphatic heterocycles. The molecule has 0 atom stereocenters. The van der Waals surface area contributed by atoms with Gasteiger partial charge in [0.05, 0.1) is 26.6 Å². The van der Waals surface area contributed by atoms with Crippen molar-refractivity contribution in [2.24, 2.45) is 0 Å². The van der Waals surface area contributed by atoms with Gasteiger partial charge in [0, 0.05) is 43.1 Å². The number of morpholine rings is 1. The van der Waals surface area contributed by atoms with E-state index in [-0.39, 0.29) is 5.56 Å². The van der Waals surface area contributed by atoms with Gasteiger partial charge in [0.1, 0.15) is 0 Å². The van der Waals surface area contributed by atoms with Crippen molar-refractivity contribution in [3.05, 3.63) is 51.9 Å². The number of hydrogen-bond donors (Lipinski definition) is 0. The van der Waals surface area contributed by atoms with Gasteiger partial charge >= 0.3 is 0 Å². The average molecular weight is 383 g/mol. The maximum Gasteiger partial charge on any atom is 0.259 e. The van der Waals surface area contributed by atoms with Gasteiger partial charge in [-0.2, -0.15) is 0 Å². The lowest BCUT2D eigenvalue weighted by Gasteiger charge is -2.39. The van der Waals surface area contributed by atoms with Crippen LogP contribution >= 0.6 is 0 Å². The smallest absolute Gasteiger partial charge is 0.259 e. The van der Waals surface area contributed by atoms with Crippen molar-refractivity contribution in [3.8, 4) is 0 Å². The molecule has 0 saturated carbocycles. The first-order chi connectivity index (χ1) is 13.7. The van der Waals surface area contributed by atoms with Crippen LogP contribution in [-0.2, 0) is 17.8 Å². The second kappa shape index (κ2) is 8.43.